The van der Waals surface area contributed by atoms with Crippen LogP contribution in [0, 0.1) is 5.41 Å². The van der Waals surface area contributed by atoms with Crippen molar-refractivity contribution in [1.29, 1.82) is 0 Å². The van der Waals surface area contributed by atoms with E-state index < -0.39 is 5.41 Å². The van der Waals surface area contributed by atoms with Gasteiger partial charge in [-0.25, -0.2) is 0 Å². The van der Waals surface area contributed by atoms with Crippen molar-refractivity contribution in [3.63, 3.8) is 0 Å². The first-order valence-electron chi connectivity index (χ1n) is 6.40. The van der Waals surface area contributed by atoms with Crippen LogP contribution in [0.5, 0.6) is 11.5 Å². The van der Waals surface area contributed by atoms with Crippen molar-refractivity contribution in [2.75, 3.05) is 13.3 Å². The zero-order chi connectivity index (χ0) is 13.9. The van der Waals surface area contributed by atoms with Gasteiger partial charge in [-0.1, -0.05) is 19.9 Å². The van der Waals surface area contributed by atoms with Crippen molar-refractivity contribution in [3.05, 3.63) is 23.8 Å². The number of rotatable bonds is 5. The van der Waals surface area contributed by atoms with Crippen LogP contribution in [-0.2, 0) is 11.3 Å². The molecule has 0 bridgehead atoms. The number of carbonyl (C=O) groups excluding carboxylic acids is 1. The fraction of sp³-hybridized carbons (Fsp3) is 0.500. The van der Waals surface area contributed by atoms with Crippen LogP contribution in [0.15, 0.2) is 18.2 Å². The van der Waals surface area contributed by atoms with E-state index in [9.17, 15) is 4.79 Å². The van der Waals surface area contributed by atoms with Crippen LogP contribution in [-0.4, -0.2) is 19.2 Å². The molecule has 5 heteroatoms. The van der Waals surface area contributed by atoms with Crippen LogP contribution in [0.3, 0.4) is 0 Å². The second kappa shape index (κ2) is 5.48. The third-order valence-corrected chi connectivity index (χ3v) is 3.27. The Kier molecular flexibility index (Phi) is 3.95. The first kappa shape index (κ1) is 13.7. The van der Waals surface area contributed by atoms with Crippen LogP contribution < -0.4 is 20.5 Å². The SMILES string of the molecule is CC(C)(CCN)C(=O)NCc1ccc2c(c1)OCO2. The highest BCUT2D eigenvalue weighted by Crippen LogP contribution is 2.32. The van der Waals surface area contributed by atoms with Gasteiger partial charge in [-0.2, -0.15) is 0 Å². The molecule has 0 saturated carbocycles. The molecule has 1 heterocycles. The Bertz CT molecular complexity index is 472. The molecule has 1 aliphatic heterocycles. The lowest BCUT2D eigenvalue weighted by Gasteiger charge is -2.22. The van der Waals surface area contributed by atoms with E-state index in [0.29, 0.717) is 19.5 Å². The average molecular weight is 264 g/mol. The van der Waals surface area contributed by atoms with Crippen molar-refractivity contribution < 1.29 is 14.3 Å². The summed E-state index contributed by atoms with van der Waals surface area (Å²) in [6, 6.07) is 5.66. The summed E-state index contributed by atoms with van der Waals surface area (Å²) < 4.78 is 10.5. The van der Waals surface area contributed by atoms with Crippen molar-refractivity contribution in [2.45, 2.75) is 26.8 Å². The molecule has 2 rings (SSSR count). The number of hydrogen-bond donors (Lipinski definition) is 2. The van der Waals surface area contributed by atoms with Crippen molar-refractivity contribution >= 4 is 5.91 Å². The van der Waals surface area contributed by atoms with Crippen molar-refractivity contribution in [2.24, 2.45) is 11.1 Å². The summed E-state index contributed by atoms with van der Waals surface area (Å²) in [4.78, 5) is 12.0. The molecule has 0 aromatic heterocycles. The van der Waals surface area contributed by atoms with Gasteiger partial charge < -0.3 is 20.5 Å². The summed E-state index contributed by atoms with van der Waals surface area (Å²) >= 11 is 0. The average Bonchev–Trinajstić information content (AvgIpc) is 2.83. The maximum atomic E-state index is 12.0. The maximum Gasteiger partial charge on any atom is 0.231 e. The van der Waals surface area contributed by atoms with E-state index in [0.717, 1.165) is 17.1 Å². The molecule has 3 N–H and O–H groups in total. The molecular weight excluding hydrogens is 244 g/mol. The highest BCUT2D eigenvalue weighted by molar-refractivity contribution is 5.81. The van der Waals surface area contributed by atoms with E-state index in [2.05, 4.69) is 5.32 Å². The molecule has 0 unspecified atom stereocenters. The Morgan fingerprint density at radius 3 is 2.84 bits per heavy atom. The molecule has 0 fully saturated rings. The highest BCUT2D eigenvalue weighted by Gasteiger charge is 2.26. The van der Waals surface area contributed by atoms with Gasteiger partial charge >= 0.3 is 0 Å². The predicted molar refractivity (Wildman–Crippen MR) is 71.9 cm³/mol. The lowest BCUT2D eigenvalue weighted by molar-refractivity contribution is -0.129. The van der Waals surface area contributed by atoms with Gasteiger partial charge in [0.25, 0.3) is 0 Å². The van der Waals surface area contributed by atoms with E-state index >= 15 is 0 Å². The highest BCUT2D eigenvalue weighted by atomic mass is 16.7. The van der Waals surface area contributed by atoms with Gasteiger partial charge in [0, 0.05) is 12.0 Å². The Morgan fingerprint density at radius 1 is 1.37 bits per heavy atom. The number of amides is 1. The number of benzene rings is 1. The Balaban J connectivity index is 1.94. The quantitative estimate of drug-likeness (QED) is 0.843. The number of hydrogen-bond acceptors (Lipinski definition) is 4. The van der Waals surface area contributed by atoms with Gasteiger partial charge in [0.1, 0.15) is 0 Å². The molecule has 5 nitrogen and oxygen atoms in total. The van der Waals surface area contributed by atoms with Gasteiger partial charge in [0.05, 0.1) is 0 Å². The van der Waals surface area contributed by atoms with E-state index in [1.165, 1.54) is 0 Å². The summed E-state index contributed by atoms with van der Waals surface area (Å²) in [7, 11) is 0. The molecule has 1 amide bonds. The van der Waals surface area contributed by atoms with Crippen LogP contribution >= 0.6 is 0 Å². The molecule has 1 aromatic carbocycles. The molecule has 0 radical (unpaired) electrons. The number of nitrogens with one attached hydrogen (secondary N) is 1. The number of nitrogens with two attached hydrogens (primary N) is 1. The Morgan fingerprint density at radius 2 is 2.11 bits per heavy atom. The van der Waals surface area contributed by atoms with Crippen LogP contribution in [0.1, 0.15) is 25.8 Å². The summed E-state index contributed by atoms with van der Waals surface area (Å²) in [5, 5.41) is 2.92. The minimum atomic E-state index is -0.439. The number of carbonyl (C=O) groups is 1. The monoisotopic (exact) mass is 264 g/mol. The topological polar surface area (TPSA) is 73.6 Å². The van der Waals surface area contributed by atoms with Crippen LogP contribution in [0.2, 0.25) is 0 Å². The summed E-state index contributed by atoms with van der Waals surface area (Å²) in [5.41, 5.74) is 6.06. The standard InChI is InChI=1S/C14H20N2O3/c1-14(2,5-6-15)13(17)16-8-10-3-4-11-12(7-10)19-9-18-11/h3-4,7H,5-6,8-9,15H2,1-2H3,(H,16,17). The fourth-order valence-electron chi connectivity index (χ4n) is 1.95. The van der Waals surface area contributed by atoms with E-state index in [-0.39, 0.29) is 12.7 Å². The molecule has 1 aromatic rings. The normalized spacial score (nSPS) is 13.4. The molecule has 0 aliphatic carbocycles. The van der Waals surface area contributed by atoms with E-state index in [1.54, 1.807) is 0 Å². The third-order valence-electron chi connectivity index (χ3n) is 3.27. The van der Waals surface area contributed by atoms with Crippen molar-refractivity contribution in [1.82, 2.24) is 5.32 Å². The molecule has 1 aliphatic rings. The molecule has 0 atom stereocenters. The fourth-order valence-corrected chi connectivity index (χ4v) is 1.95. The maximum absolute atomic E-state index is 12.0. The van der Waals surface area contributed by atoms with Gasteiger partial charge in [0.15, 0.2) is 11.5 Å². The zero-order valence-electron chi connectivity index (χ0n) is 11.4. The third kappa shape index (κ3) is 3.17. The summed E-state index contributed by atoms with van der Waals surface area (Å²) in [6.45, 7) is 5.03. The molecule has 0 saturated heterocycles. The molecule has 19 heavy (non-hydrogen) atoms. The number of ether oxygens (including phenoxy) is 2. The first-order valence-corrected chi connectivity index (χ1v) is 6.40. The molecule has 104 valence electrons. The number of fused-ring (bicyclic) bond motifs is 1. The summed E-state index contributed by atoms with van der Waals surface area (Å²) in [5.74, 6) is 1.49. The minimum absolute atomic E-state index is 0.00983. The van der Waals surface area contributed by atoms with Crippen LogP contribution in [0.25, 0.3) is 0 Å². The smallest absolute Gasteiger partial charge is 0.231 e. The van der Waals surface area contributed by atoms with Crippen molar-refractivity contribution in [3.8, 4) is 11.5 Å². The zero-order valence-corrected chi connectivity index (χ0v) is 11.4. The lowest BCUT2D eigenvalue weighted by Crippen LogP contribution is -2.37. The minimum Gasteiger partial charge on any atom is -0.454 e. The Hall–Kier alpha value is -1.75. The Labute approximate surface area is 113 Å². The van der Waals surface area contributed by atoms with Gasteiger partial charge in [0.2, 0.25) is 12.7 Å². The van der Waals surface area contributed by atoms with Gasteiger partial charge in [-0.15, -0.1) is 0 Å². The second-order valence-corrected chi connectivity index (χ2v) is 5.29. The second-order valence-electron chi connectivity index (χ2n) is 5.29. The van der Waals surface area contributed by atoms with Gasteiger partial charge in [-0.3, -0.25) is 4.79 Å². The first-order chi connectivity index (χ1) is 9.03. The molecule has 0 spiro atoms. The molecular formula is C14H20N2O3. The predicted octanol–water partition coefficient (Wildman–Crippen LogP) is 1.41. The van der Waals surface area contributed by atoms with E-state index in [1.807, 2.05) is 32.0 Å². The summed E-state index contributed by atoms with van der Waals surface area (Å²) in [6.07, 6.45) is 0.667. The van der Waals surface area contributed by atoms with Crippen LogP contribution in [0.4, 0.5) is 0 Å². The lowest BCUT2D eigenvalue weighted by atomic mass is 9.88. The van der Waals surface area contributed by atoms with E-state index in [4.69, 9.17) is 15.2 Å². The van der Waals surface area contributed by atoms with Gasteiger partial charge in [-0.05, 0) is 30.7 Å². The largest absolute Gasteiger partial charge is 0.454 e.